The largest absolute Gasteiger partial charge is 0.464 e. The maximum absolute atomic E-state index is 5.76. The summed E-state index contributed by atoms with van der Waals surface area (Å²) in [5.74, 6) is 0.527. The van der Waals surface area contributed by atoms with E-state index in [1.165, 1.54) is 0 Å². The Kier molecular flexibility index (Phi) is 2.64. The summed E-state index contributed by atoms with van der Waals surface area (Å²) >= 11 is 5.76. The topological polar surface area (TPSA) is 22.4 Å². The van der Waals surface area contributed by atoms with Gasteiger partial charge in [-0.15, -0.1) is 11.6 Å². The van der Waals surface area contributed by atoms with Crippen molar-refractivity contribution in [2.24, 2.45) is 0 Å². The first-order chi connectivity index (χ1) is 6.75. The van der Waals surface area contributed by atoms with Crippen LogP contribution >= 0.6 is 11.6 Å². The summed E-state index contributed by atoms with van der Waals surface area (Å²) in [5.41, 5.74) is 0.838. The van der Waals surface area contributed by atoms with Crippen molar-refractivity contribution in [2.45, 2.75) is 12.3 Å². The fraction of sp³-hybridized carbons (Fsp3) is 0.273. The summed E-state index contributed by atoms with van der Waals surface area (Å²) in [7, 11) is 0. The summed E-state index contributed by atoms with van der Waals surface area (Å²) in [5, 5.41) is 1.04. The van der Waals surface area contributed by atoms with Gasteiger partial charge in [0.2, 0.25) is 0 Å². The van der Waals surface area contributed by atoms with E-state index in [-0.39, 0.29) is 5.38 Å². The molecular formula is C11H11ClO2. The highest BCUT2D eigenvalue weighted by Crippen LogP contribution is 2.24. The third kappa shape index (κ3) is 2.02. The number of hydrogen-bond donors (Lipinski definition) is 0. The minimum absolute atomic E-state index is 0.0109. The third-order valence-corrected chi connectivity index (χ3v) is 1.98. The van der Waals surface area contributed by atoms with E-state index in [2.05, 4.69) is 0 Å². The van der Waals surface area contributed by atoms with Gasteiger partial charge >= 0.3 is 0 Å². The molecular weight excluding hydrogens is 200 g/mol. The molecule has 0 bridgehead atoms. The number of fused-ring (bicyclic) bond motifs is 1. The fourth-order valence-electron chi connectivity index (χ4n) is 1.23. The van der Waals surface area contributed by atoms with Gasteiger partial charge in [-0.2, -0.15) is 0 Å². The maximum atomic E-state index is 5.76. The summed E-state index contributed by atoms with van der Waals surface area (Å²) in [6.07, 6.45) is 0. The third-order valence-electron chi connectivity index (χ3n) is 1.86. The molecule has 1 heterocycles. The van der Waals surface area contributed by atoms with Crippen molar-refractivity contribution in [2.75, 3.05) is 6.61 Å². The Hall–Kier alpha value is -1.15. The van der Waals surface area contributed by atoms with Crippen LogP contribution in [0.25, 0.3) is 11.0 Å². The van der Waals surface area contributed by atoms with Crippen LogP contribution in [0, 0.1) is 0 Å². The van der Waals surface area contributed by atoms with Gasteiger partial charge in [0.25, 0.3) is 5.95 Å². The van der Waals surface area contributed by atoms with E-state index in [4.69, 9.17) is 20.8 Å². The molecule has 1 aromatic heterocycles. The molecule has 2 rings (SSSR count). The predicted octanol–water partition coefficient (Wildman–Crippen LogP) is 3.44. The van der Waals surface area contributed by atoms with Crippen LogP contribution in [0.15, 0.2) is 34.7 Å². The number of furan rings is 1. The normalized spacial score (nSPS) is 13.0. The molecule has 1 aromatic carbocycles. The molecule has 0 saturated carbocycles. The molecule has 3 heteroatoms. The Balaban J connectivity index is 2.19. The quantitative estimate of drug-likeness (QED) is 0.725. The zero-order valence-electron chi connectivity index (χ0n) is 7.87. The van der Waals surface area contributed by atoms with E-state index < -0.39 is 0 Å². The smallest absolute Gasteiger partial charge is 0.285 e. The zero-order valence-corrected chi connectivity index (χ0v) is 8.62. The minimum atomic E-state index is -0.0109. The van der Waals surface area contributed by atoms with Crippen LogP contribution in [0.3, 0.4) is 0 Å². The molecule has 0 spiro atoms. The van der Waals surface area contributed by atoms with Crippen LogP contribution in [0.4, 0.5) is 0 Å². The highest BCUT2D eigenvalue weighted by Gasteiger charge is 2.04. The molecule has 0 saturated heterocycles. The van der Waals surface area contributed by atoms with Gasteiger partial charge in [-0.3, -0.25) is 0 Å². The first-order valence-corrected chi connectivity index (χ1v) is 4.95. The molecule has 0 amide bonds. The number of hydrogen-bond acceptors (Lipinski definition) is 2. The lowest BCUT2D eigenvalue weighted by molar-refractivity contribution is 0.252. The van der Waals surface area contributed by atoms with Crippen molar-refractivity contribution in [1.29, 1.82) is 0 Å². The lowest BCUT2D eigenvalue weighted by atomic mass is 10.3. The number of ether oxygens (including phenoxy) is 1. The van der Waals surface area contributed by atoms with Gasteiger partial charge in [-0.1, -0.05) is 18.2 Å². The Morgan fingerprint density at radius 3 is 2.93 bits per heavy atom. The second-order valence-corrected chi connectivity index (χ2v) is 3.94. The Morgan fingerprint density at radius 1 is 1.43 bits per heavy atom. The van der Waals surface area contributed by atoms with Crippen molar-refractivity contribution in [3.63, 3.8) is 0 Å². The number of benzene rings is 1. The van der Waals surface area contributed by atoms with Gasteiger partial charge in [-0.05, 0) is 13.0 Å². The SMILES string of the molecule is CC(Cl)COc1cc2ccccc2o1. The number of halogens is 1. The molecule has 1 unspecified atom stereocenters. The average molecular weight is 211 g/mol. The van der Waals surface area contributed by atoms with Gasteiger partial charge in [0.15, 0.2) is 0 Å². The molecule has 0 aliphatic rings. The van der Waals surface area contributed by atoms with Crippen molar-refractivity contribution in [3.05, 3.63) is 30.3 Å². The number of rotatable bonds is 3. The maximum Gasteiger partial charge on any atom is 0.285 e. The van der Waals surface area contributed by atoms with Crippen LogP contribution in [0.5, 0.6) is 5.95 Å². The Bertz CT molecular complexity index is 387. The van der Waals surface area contributed by atoms with Crippen LogP contribution < -0.4 is 4.74 Å². The van der Waals surface area contributed by atoms with E-state index in [1.807, 2.05) is 37.3 Å². The zero-order chi connectivity index (χ0) is 9.97. The molecule has 74 valence electrons. The summed E-state index contributed by atoms with van der Waals surface area (Å²) < 4.78 is 10.8. The lowest BCUT2D eigenvalue weighted by Crippen LogP contribution is -2.06. The highest BCUT2D eigenvalue weighted by atomic mass is 35.5. The standard InChI is InChI=1S/C11H11ClO2/c1-8(12)7-13-11-6-9-4-2-3-5-10(9)14-11/h2-6,8H,7H2,1H3. The van der Waals surface area contributed by atoms with E-state index in [9.17, 15) is 0 Å². The summed E-state index contributed by atoms with van der Waals surface area (Å²) in [6, 6.07) is 9.66. The molecule has 2 nitrogen and oxygen atoms in total. The molecule has 0 radical (unpaired) electrons. The van der Waals surface area contributed by atoms with Gasteiger partial charge in [0, 0.05) is 11.5 Å². The van der Waals surface area contributed by atoms with E-state index in [0.29, 0.717) is 12.6 Å². The van der Waals surface area contributed by atoms with Crippen LogP contribution in [-0.4, -0.2) is 12.0 Å². The first-order valence-electron chi connectivity index (χ1n) is 4.51. The molecule has 14 heavy (non-hydrogen) atoms. The van der Waals surface area contributed by atoms with Crippen LogP contribution in [0.1, 0.15) is 6.92 Å². The average Bonchev–Trinajstić information content (AvgIpc) is 2.57. The molecule has 0 aliphatic carbocycles. The van der Waals surface area contributed by atoms with Crippen LogP contribution in [-0.2, 0) is 0 Å². The second kappa shape index (κ2) is 3.93. The van der Waals surface area contributed by atoms with Crippen molar-refractivity contribution >= 4 is 22.6 Å². The second-order valence-electron chi connectivity index (χ2n) is 3.20. The monoisotopic (exact) mass is 210 g/mol. The van der Waals surface area contributed by atoms with Gasteiger partial charge in [-0.25, -0.2) is 0 Å². The molecule has 1 atom stereocenters. The van der Waals surface area contributed by atoms with E-state index in [0.717, 1.165) is 11.0 Å². The Morgan fingerprint density at radius 2 is 2.21 bits per heavy atom. The van der Waals surface area contributed by atoms with Gasteiger partial charge in [0.1, 0.15) is 12.2 Å². The van der Waals surface area contributed by atoms with Crippen molar-refractivity contribution in [1.82, 2.24) is 0 Å². The predicted molar refractivity (Wildman–Crippen MR) is 57.0 cm³/mol. The number of para-hydroxylation sites is 1. The van der Waals surface area contributed by atoms with E-state index >= 15 is 0 Å². The highest BCUT2D eigenvalue weighted by molar-refractivity contribution is 6.20. The van der Waals surface area contributed by atoms with Crippen LogP contribution in [0.2, 0.25) is 0 Å². The molecule has 0 N–H and O–H groups in total. The van der Waals surface area contributed by atoms with E-state index in [1.54, 1.807) is 0 Å². The Labute approximate surface area is 87.4 Å². The molecule has 0 fully saturated rings. The fourth-order valence-corrected chi connectivity index (χ4v) is 1.29. The minimum Gasteiger partial charge on any atom is -0.464 e. The molecule has 2 aromatic rings. The molecule has 0 aliphatic heterocycles. The van der Waals surface area contributed by atoms with Crippen molar-refractivity contribution < 1.29 is 9.15 Å². The summed E-state index contributed by atoms with van der Waals surface area (Å²) in [6.45, 7) is 2.34. The first kappa shape index (κ1) is 9.41. The number of alkyl halides is 1. The lowest BCUT2D eigenvalue weighted by Gasteiger charge is -2.02. The summed E-state index contributed by atoms with van der Waals surface area (Å²) in [4.78, 5) is 0. The van der Waals surface area contributed by atoms with Crippen molar-refractivity contribution in [3.8, 4) is 5.95 Å². The van der Waals surface area contributed by atoms with Gasteiger partial charge in [0.05, 0.1) is 5.38 Å². The van der Waals surface area contributed by atoms with Gasteiger partial charge < -0.3 is 9.15 Å².